The Morgan fingerprint density at radius 3 is 2.36 bits per heavy atom. The van der Waals surface area contributed by atoms with Gasteiger partial charge >= 0.3 is 6.18 Å². The maximum atomic E-state index is 14.9. The molecule has 2 aromatic rings. The number of hydrogen-bond acceptors (Lipinski definition) is 5. The van der Waals surface area contributed by atoms with Crippen LogP contribution < -0.4 is 16.0 Å². The highest BCUT2D eigenvalue weighted by molar-refractivity contribution is 5.51. The van der Waals surface area contributed by atoms with Gasteiger partial charge in [-0.2, -0.15) is 17.6 Å². The number of nitrogens with two attached hydrogens (primary N) is 1. The van der Waals surface area contributed by atoms with Gasteiger partial charge in [-0.15, -0.1) is 0 Å². The maximum Gasteiger partial charge on any atom is 0.416 e. The van der Waals surface area contributed by atoms with Gasteiger partial charge < -0.3 is 16.0 Å². The third-order valence-corrected chi connectivity index (χ3v) is 4.22. The second kappa shape index (κ2) is 9.68. The van der Waals surface area contributed by atoms with E-state index in [1.165, 1.54) is 18.5 Å². The minimum atomic E-state index is -4.39. The molecule has 0 aliphatic heterocycles. The van der Waals surface area contributed by atoms with Crippen molar-refractivity contribution in [1.29, 1.82) is 0 Å². The summed E-state index contributed by atoms with van der Waals surface area (Å²) in [5.41, 5.74) is 5.35. The van der Waals surface area contributed by atoms with E-state index in [4.69, 9.17) is 5.73 Å². The van der Waals surface area contributed by atoms with E-state index in [9.17, 15) is 17.6 Å². The number of aromatic nitrogens is 2. The van der Waals surface area contributed by atoms with Gasteiger partial charge in [-0.25, -0.2) is 9.97 Å². The van der Waals surface area contributed by atoms with Gasteiger partial charge in [0, 0.05) is 19.1 Å². The molecular formula is C19H25F4N5. The first-order chi connectivity index (χ1) is 13.2. The Hall–Kier alpha value is -2.42. The highest BCUT2D eigenvalue weighted by Gasteiger charge is 2.30. The van der Waals surface area contributed by atoms with Crippen LogP contribution in [-0.2, 0) is 12.7 Å². The maximum absolute atomic E-state index is 14.9. The number of nitrogens with one attached hydrogen (secondary N) is 1. The van der Waals surface area contributed by atoms with Crippen molar-refractivity contribution in [2.24, 2.45) is 5.73 Å². The molecule has 0 radical (unpaired) electrons. The fourth-order valence-corrected chi connectivity index (χ4v) is 2.66. The lowest BCUT2D eigenvalue weighted by atomic mass is 10.1. The molecule has 0 unspecified atom stereocenters. The fraction of sp³-hybridized carbons (Fsp3) is 0.474. The Kier molecular flexibility index (Phi) is 7.56. The van der Waals surface area contributed by atoms with Gasteiger partial charge in [-0.3, -0.25) is 0 Å². The highest BCUT2D eigenvalue weighted by Crippen LogP contribution is 2.30. The van der Waals surface area contributed by atoms with Gasteiger partial charge in [0.05, 0.1) is 5.56 Å². The molecule has 0 saturated carbocycles. The largest absolute Gasteiger partial charge is 0.416 e. The zero-order valence-electron chi connectivity index (χ0n) is 15.9. The first kappa shape index (κ1) is 21.9. The van der Waals surface area contributed by atoms with Gasteiger partial charge in [0.25, 0.3) is 0 Å². The third kappa shape index (κ3) is 5.79. The van der Waals surface area contributed by atoms with Gasteiger partial charge in [-0.05, 0) is 50.9 Å². The lowest BCUT2D eigenvalue weighted by molar-refractivity contribution is -0.137. The molecule has 5 nitrogen and oxygen atoms in total. The first-order valence-corrected chi connectivity index (χ1v) is 9.11. The lowest BCUT2D eigenvalue weighted by Crippen LogP contribution is -2.32. The molecule has 0 fully saturated rings. The Labute approximate surface area is 162 Å². The van der Waals surface area contributed by atoms with E-state index < -0.39 is 17.6 Å². The summed E-state index contributed by atoms with van der Waals surface area (Å²) in [6, 6.07) is 4.70. The first-order valence-electron chi connectivity index (χ1n) is 9.11. The van der Waals surface area contributed by atoms with Crippen LogP contribution in [0.4, 0.5) is 29.2 Å². The predicted molar refractivity (Wildman–Crippen MR) is 102 cm³/mol. The molecule has 0 atom stereocenters. The minimum absolute atomic E-state index is 0.0973. The zero-order valence-corrected chi connectivity index (χ0v) is 15.9. The SMILES string of the molecule is CC(C)N(Cc1ccc(C(F)(F)F)cc1)c1ncnc(NCCCCN)c1F. The molecule has 154 valence electrons. The van der Waals surface area contributed by atoms with Crippen molar-refractivity contribution >= 4 is 11.6 Å². The fourth-order valence-electron chi connectivity index (χ4n) is 2.66. The Bertz CT molecular complexity index is 747. The van der Waals surface area contributed by atoms with Crippen LogP contribution in [0.25, 0.3) is 0 Å². The molecule has 1 aromatic carbocycles. The van der Waals surface area contributed by atoms with Crippen molar-refractivity contribution in [1.82, 2.24) is 9.97 Å². The van der Waals surface area contributed by atoms with Gasteiger partial charge in [0.1, 0.15) is 6.33 Å². The van der Waals surface area contributed by atoms with Crippen molar-refractivity contribution in [3.05, 3.63) is 47.5 Å². The summed E-state index contributed by atoms with van der Waals surface area (Å²) in [4.78, 5) is 9.69. The van der Waals surface area contributed by atoms with E-state index in [1.807, 2.05) is 13.8 Å². The summed E-state index contributed by atoms with van der Waals surface area (Å²) in [6.07, 6.45) is -1.52. The monoisotopic (exact) mass is 399 g/mol. The van der Waals surface area contributed by atoms with E-state index in [0.29, 0.717) is 18.7 Å². The topological polar surface area (TPSA) is 67.1 Å². The molecule has 0 bridgehead atoms. The van der Waals surface area contributed by atoms with E-state index in [1.54, 1.807) is 4.90 Å². The van der Waals surface area contributed by atoms with Crippen molar-refractivity contribution in [2.45, 2.75) is 45.5 Å². The predicted octanol–water partition coefficient (Wildman–Crippen LogP) is 4.20. The summed E-state index contributed by atoms with van der Waals surface area (Å²) < 4.78 is 53.1. The number of hydrogen-bond donors (Lipinski definition) is 2. The molecule has 3 N–H and O–H groups in total. The normalized spacial score (nSPS) is 11.7. The van der Waals surface area contributed by atoms with Crippen LogP contribution in [-0.4, -0.2) is 29.1 Å². The summed E-state index contributed by atoms with van der Waals surface area (Å²) >= 11 is 0. The van der Waals surface area contributed by atoms with Crippen LogP contribution >= 0.6 is 0 Å². The van der Waals surface area contributed by atoms with Crippen LogP contribution in [0.15, 0.2) is 30.6 Å². The molecule has 1 heterocycles. The molecule has 0 saturated heterocycles. The standard InChI is InChI=1S/C19H25F4N5/c1-13(2)28(11-14-5-7-15(8-6-14)19(21,22)23)18-16(20)17(26-12-27-18)25-10-4-3-9-24/h5-8,12-13H,3-4,9-11,24H2,1-2H3,(H,25,26,27). The van der Waals surface area contributed by atoms with E-state index in [2.05, 4.69) is 15.3 Å². The van der Waals surface area contributed by atoms with Gasteiger partial charge in [0.15, 0.2) is 11.6 Å². The number of benzene rings is 1. The molecule has 0 aliphatic carbocycles. The third-order valence-electron chi connectivity index (χ3n) is 4.22. The summed E-state index contributed by atoms with van der Waals surface area (Å²) in [5.74, 6) is -0.387. The zero-order chi connectivity index (χ0) is 20.7. The molecule has 28 heavy (non-hydrogen) atoms. The molecule has 2 rings (SSSR count). The second-order valence-corrected chi connectivity index (χ2v) is 6.70. The average Bonchev–Trinajstić information content (AvgIpc) is 2.64. The Morgan fingerprint density at radius 1 is 1.11 bits per heavy atom. The number of nitrogens with zero attached hydrogens (tertiary/aromatic N) is 3. The number of halogens is 4. The number of unbranched alkanes of at least 4 members (excludes halogenated alkanes) is 1. The smallest absolute Gasteiger partial charge is 0.367 e. The molecule has 0 amide bonds. The summed E-state index contributed by atoms with van der Waals surface area (Å²) in [5, 5.41) is 2.94. The van der Waals surface area contributed by atoms with Crippen molar-refractivity contribution in [2.75, 3.05) is 23.3 Å². The summed E-state index contributed by atoms with van der Waals surface area (Å²) in [7, 11) is 0. The minimum Gasteiger partial charge on any atom is -0.367 e. The van der Waals surface area contributed by atoms with Crippen LogP contribution in [0.3, 0.4) is 0 Å². The van der Waals surface area contributed by atoms with E-state index in [-0.39, 0.29) is 24.2 Å². The highest BCUT2D eigenvalue weighted by atomic mass is 19.4. The van der Waals surface area contributed by atoms with Crippen molar-refractivity contribution in [3.8, 4) is 0 Å². The van der Waals surface area contributed by atoms with Crippen LogP contribution in [0.1, 0.15) is 37.8 Å². The number of rotatable bonds is 9. The average molecular weight is 399 g/mol. The molecule has 1 aromatic heterocycles. The second-order valence-electron chi connectivity index (χ2n) is 6.70. The van der Waals surface area contributed by atoms with Crippen LogP contribution in [0.5, 0.6) is 0 Å². The van der Waals surface area contributed by atoms with Crippen LogP contribution in [0, 0.1) is 5.82 Å². The summed E-state index contributed by atoms with van der Waals surface area (Å²) in [6.45, 7) is 5.04. The van der Waals surface area contributed by atoms with Crippen molar-refractivity contribution in [3.63, 3.8) is 0 Å². The van der Waals surface area contributed by atoms with E-state index >= 15 is 0 Å². The van der Waals surface area contributed by atoms with Gasteiger partial charge in [0.2, 0.25) is 5.82 Å². The quantitative estimate of drug-likeness (QED) is 0.489. The van der Waals surface area contributed by atoms with Crippen LogP contribution in [0.2, 0.25) is 0 Å². The molecule has 0 spiro atoms. The lowest BCUT2D eigenvalue weighted by Gasteiger charge is -2.28. The molecule has 0 aliphatic rings. The number of anilines is 2. The molecule has 9 heteroatoms. The van der Waals surface area contributed by atoms with E-state index in [0.717, 1.165) is 25.0 Å². The number of alkyl halides is 3. The Balaban J connectivity index is 2.19. The van der Waals surface area contributed by atoms with Crippen molar-refractivity contribution < 1.29 is 17.6 Å². The molecular weight excluding hydrogens is 374 g/mol. The van der Waals surface area contributed by atoms with Gasteiger partial charge in [-0.1, -0.05) is 12.1 Å². The Morgan fingerprint density at radius 2 is 1.79 bits per heavy atom.